The lowest BCUT2D eigenvalue weighted by Gasteiger charge is -2.15. The second kappa shape index (κ2) is 3.67. The minimum atomic E-state index is -4.61. The largest absolute Gasteiger partial charge is 0.418 e. The Morgan fingerprint density at radius 2 is 1.87 bits per heavy atom. The highest BCUT2D eigenvalue weighted by Crippen LogP contribution is 2.35. The summed E-state index contributed by atoms with van der Waals surface area (Å²) >= 11 is 0. The molecule has 1 aromatic heterocycles. The fourth-order valence-corrected chi connectivity index (χ4v) is 1.19. The third-order valence-electron chi connectivity index (χ3n) is 1.88. The van der Waals surface area contributed by atoms with Crippen molar-refractivity contribution >= 4 is 5.82 Å². The van der Waals surface area contributed by atoms with Crippen molar-refractivity contribution in [1.29, 1.82) is 0 Å². The van der Waals surface area contributed by atoms with E-state index in [1.807, 2.05) is 0 Å². The van der Waals surface area contributed by atoms with Gasteiger partial charge >= 0.3 is 6.18 Å². The van der Waals surface area contributed by atoms with E-state index in [1.165, 1.54) is 13.8 Å². The normalized spacial score (nSPS) is 12.2. The molecule has 0 aliphatic heterocycles. The van der Waals surface area contributed by atoms with Crippen molar-refractivity contribution in [3.05, 3.63) is 23.1 Å². The molecule has 0 saturated heterocycles. The van der Waals surface area contributed by atoms with E-state index in [-0.39, 0.29) is 5.69 Å². The summed E-state index contributed by atoms with van der Waals surface area (Å²) in [5, 5.41) is 0. The van der Waals surface area contributed by atoms with Gasteiger partial charge in [-0.1, -0.05) is 13.8 Å². The van der Waals surface area contributed by atoms with Crippen LogP contribution in [-0.2, 0) is 6.18 Å². The topological polar surface area (TPSA) is 38.9 Å². The molecule has 0 aliphatic rings. The third kappa shape index (κ3) is 2.37. The molecule has 0 unspecified atom stereocenters. The van der Waals surface area contributed by atoms with Crippen LogP contribution in [0, 0.1) is 5.82 Å². The Labute approximate surface area is 84.1 Å². The maximum Gasteiger partial charge on any atom is 0.418 e. The molecular weight excluding hydrogens is 212 g/mol. The van der Waals surface area contributed by atoms with Crippen LogP contribution in [0.5, 0.6) is 0 Å². The number of hydrogen-bond donors (Lipinski definition) is 1. The molecule has 1 aromatic rings. The Bertz CT molecular complexity index is 371. The molecule has 0 atom stereocenters. The Kier molecular flexibility index (Phi) is 2.88. The Balaban J connectivity index is 3.42. The van der Waals surface area contributed by atoms with Crippen molar-refractivity contribution in [2.75, 3.05) is 5.73 Å². The number of rotatable bonds is 1. The van der Waals surface area contributed by atoms with E-state index < -0.39 is 29.3 Å². The van der Waals surface area contributed by atoms with Crippen LogP contribution in [0.2, 0.25) is 0 Å². The predicted molar refractivity (Wildman–Crippen MR) is 47.7 cm³/mol. The lowest BCUT2D eigenvalue weighted by molar-refractivity contribution is -0.138. The number of hydrogen-bond acceptors (Lipinski definition) is 2. The molecule has 1 rings (SSSR count). The van der Waals surface area contributed by atoms with Gasteiger partial charge in [0.2, 0.25) is 0 Å². The van der Waals surface area contributed by atoms with E-state index in [2.05, 4.69) is 4.98 Å². The van der Waals surface area contributed by atoms with Crippen LogP contribution in [0.1, 0.15) is 31.0 Å². The van der Waals surface area contributed by atoms with Crippen molar-refractivity contribution in [3.63, 3.8) is 0 Å². The van der Waals surface area contributed by atoms with E-state index in [0.29, 0.717) is 6.07 Å². The van der Waals surface area contributed by atoms with Gasteiger partial charge < -0.3 is 5.73 Å². The molecule has 2 N–H and O–H groups in total. The lowest BCUT2D eigenvalue weighted by atomic mass is 10.0. The molecule has 0 radical (unpaired) electrons. The number of pyridine rings is 1. The molecule has 0 aliphatic carbocycles. The standard InChI is InChI=1S/C9H10F4N2/c1-4(2)7-5(9(11,12)13)3-6(10)8(14)15-7/h3-4H,1-2H3,(H2,14,15). The smallest absolute Gasteiger partial charge is 0.381 e. The maximum atomic E-state index is 12.9. The molecular formula is C9H10F4N2. The van der Waals surface area contributed by atoms with E-state index >= 15 is 0 Å². The second-order valence-corrected chi connectivity index (χ2v) is 3.44. The van der Waals surface area contributed by atoms with Crippen molar-refractivity contribution in [1.82, 2.24) is 4.98 Å². The molecule has 0 fully saturated rings. The van der Waals surface area contributed by atoms with Crippen LogP contribution in [0.3, 0.4) is 0 Å². The minimum absolute atomic E-state index is 0.235. The summed E-state index contributed by atoms with van der Waals surface area (Å²) in [7, 11) is 0. The van der Waals surface area contributed by atoms with Gasteiger partial charge in [0.1, 0.15) is 0 Å². The SMILES string of the molecule is CC(C)c1nc(N)c(F)cc1C(F)(F)F. The fraction of sp³-hybridized carbons (Fsp3) is 0.444. The third-order valence-corrected chi connectivity index (χ3v) is 1.88. The molecule has 0 aromatic carbocycles. The van der Waals surface area contributed by atoms with Crippen LogP contribution in [0.15, 0.2) is 6.07 Å². The van der Waals surface area contributed by atoms with E-state index in [0.717, 1.165) is 0 Å². The molecule has 0 bridgehead atoms. The zero-order chi connectivity index (χ0) is 11.8. The highest BCUT2D eigenvalue weighted by molar-refractivity contribution is 5.38. The first-order valence-electron chi connectivity index (χ1n) is 4.26. The molecule has 0 amide bonds. The van der Waals surface area contributed by atoms with Crippen molar-refractivity contribution in [2.45, 2.75) is 25.9 Å². The molecule has 0 saturated carbocycles. The molecule has 6 heteroatoms. The van der Waals surface area contributed by atoms with Crippen molar-refractivity contribution in [2.24, 2.45) is 0 Å². The number of nitrogen functional groups attached to an aromatic ring is 1. The Morgan fingerprint density at radius 1 is 1.33 bits per heavy atom. The first-order valence-corrected chi connectivity index (χ1v) is 4.26. The first kappa shape index (κ1) is 11.7. The highest BCUT2D eigenvalue weighted by Gasteiger charge is 2.35. The summed E-state index contributed by atoms with van der Waals surface area (Å²) in [5.74, 6) is -2.12. The molecule has 84 valence electrons. The number of anilines is 1. The maximum absolute atomic E-state index is 12.9. The van der Waals surface area contributed by atoms with Crippen LogP contribution < -0.4 is 5.73 Å². The van der Waals surface area contributed by atoms with Gasteiger partial charge in [0, 0.05) is 0 Å². The van der Waals surface area contributed by atoms with Crippen LogP contribution >= 0.6 is 0 Å². The number of nitrogens with zero attached hydrogens (tertiary/aromatic N) is 1. The minimum Gasteiger partial charge on any atom is -0.381 e. The van der Waals surface area contributed by atoms with Gasteiger partial charge in [-0.05, 0) is 12.0 Å². The fourth-order valence-electron chi connectivity index (χ4n) is 1.19. The zero-order valence-corrected chi connectivity index (χ0v) is 8.19. The van der Waals surface area contributed by atoms with Gasteiger partial charge in [-0.25, -0.2) is 9.37 Å². The van der Waals surface area contributed by atoms with Crippen LogP contribution in [-0.4, -0.2) is 4.98 Å². The van der Waals surface area contributed by atoms with Crippen molar-refractivity contribution < 1.29 is 17.6 Å². The van der Waals surface area contributed by atoms with Crippen LogP contribution in [0.4, 0.5) is 23.4 Å². The molecule has 0 spiro atoms. The molecule has 15 heavy (non-hydrogen) atoms. The summed E-state index contributed by atoms with van der Waals surface area (Å²) in [6.45, 7) is 3.07. The number of alkyl halides is 3. The van der Waals surface area contributed by atoms with Gasteiger partial charge in [0.05, 0.1) is 11.3 Å². The summed E-state index contributed by atoms with van der Waals surface area (Å²) < 4.78 is 50.3. The van der Waals surface area contributed by atoms with Gasteiger partial charge in [0.25, 0.3) is 0 Å². The average Bonchev–Trinajstić information content (AvgIpc) is 2.06. The zero-order valence-electron chi connectivity index (χ0n) is 8.19. The summed E-state index contributed by atoms with van der Waals surface area (Å²) in [6, 6.07) is 0.387. The number of nitrogens with two attached hydrogens (primary N) is 1. The van der Waals surface area contributed by atoms with Crippen LogP contribution in [0.25, 0.3) is 0 Å². The number of halogens is 4. The average molecular weight is 222 g/mol. The quantitative estimate of drug-likeness (QED) is 0.742. The molecule has 1 heterocycles. The summed E-state index contributed by atoms with van der Waals surface area (Å²) in [5.41, 5.74) is 3.82. The first-order chi connectivity index (χ1) is 6.73. The summed E-state index contributed by atoms with van der Waals surface area (Å²) in [6.07, 6.45) is -4.61. The monoisotopic (exact) mass is 222 g/mol. The number of aromatic nitrogens is 1. The van der Waals surface area contributed by atoms with Gasteiger partial charge in [0.15, 0.2) is 11.6 Å². The van der Waals surface area contributed by atoms with Gasteiger partial charge in [-0.15, -0.1) is 0 Å². The van der Waals surface area contributed by atoms with Crippen molar-refractivity contribution in [3.8, 4) is 0 Å². The summed E-state index contributed by atoms with van der Waals surface area (Å²) in [4.78, 5) is 3.42. The van der Waals surface area contributed by atoms with Gasteiger partial charge in [-0.3, -0.25) is 0 Å². The van der Waals surface area contributed by atoms with Gasteiger partial charge in [-0.2, -0.15) is 13.2 Å². The Morgan fingerprint density at radius 3 is 2.27 bits per heavy atom. The predicted octanol–water partition coefficient (Wildman–Crippen LogP) is 2.95. The highest BCUT2D eigenvalue weighted by atomic mass is 19.4. The van der Waals surface area contributed by atoms with E-state index in [4.69, 9.17) is 5.73 Å². The lowest BCUT2D eigenvalue weighted by Crippen LogP contribution is -2.14. The van der Waals surface area contributed by atoms with E-state index in [1.54, 1.807) is 0 Å². The Hall–Kier alpha value is -1.33. The second-order valence-electron chi connectivity index (χ2n) is 3.44. The van der Waals surface area contributed by atoms with E-state index in [9.17, 15) is 17.6 Å². The molecule has 2 nitrogen and oxygen atoms in total.